The van der Waals surface area contributed by atoms with E-state index in [1.807, 2.05) is 66.1 Å². The van der Waals surface area contributed by atoms with E-state index in [2.05, 4.69) is 69.0 Å². The highest BCUT2D eigenvalue weighted by Crippen LogP contribution is 2.42. The van der Waals surface area contributed by atoms with Crippen LogP contribution in [0, 0.1) is 13.8 Å². The number of allylic oxidation sites excluding steroid dienone is 1. The highest BCUT2D eigenvalue weighted by Gasteiger charge is 2.10. The van der Waals surface area contributed by atoms with Gasteiger partial charge in [-0.05, 0) is 69.3 Å². The molecule has 0 aliphatic heterocycles. The predicted molar refractivity (Wildman–Crippen MR) is 131 cm³/mol. The van der Waals surface area contributed by atoms with Crippen LogP contribution in [0.25, 0.3) is 29.3 Å². The second kappa shape index (κ2) is 10.8. The summed E-state index contributed by atoms with van der Waals surface area (Å²) in [7, 11) is 0. The Hall–Kier alpha value is -1.46. The third-order valence-electron chi connectivity index (χ3n) is 3.42. The number of aryl methyl sites for hydroxylation is 2. The van der Waals surface area contributed by atoms with Gasteiger partial charge in [0.1, 0.15) is 0 Å². The predicted octanol–water partition coefficient (Wildman–Crippen LogP) is 9.77. The van der Waals surface area contributed by atoms with Gasteiger partial charge < -0.3 is 0 Å². The third kappa shape index (κ3) is 5.76. The van der Waals surface area contributed by atoms with Gasteiger partial charge in [-0.15, -0.1) is 51.9 Å². The molecule has 0 spiro atoms. The van der Waals surface area contributed by atoms with Crippen LogP contribution in [0.15, 0.2) is 61.2 Å². The number of hydrogen-bond acceptors (Lipinski definition) is 4. The smallest absolute Gasteiger partial charge is 0.0449 e. The normalized spacial score (nSPS) is 9.81. The van der Waals surface area contributed by atoms with Gasteiger partial charge in [0.05, 0.1) is 0 Å². The highest BCUT2D eigenvalue weighted by atomic mass is 32.1. The highest BCUT2D eigenvalue weighted by molar-refractivity contribution is 7.28. The Balaban J connectivity index is 0.000000478. The second-order valence-electron chi connectivity index (χ2n) is 5.56. The van der Waals surface area contributed by atoms with Crippen molar-refractivity contribution in [2.24, 2.45) is 0 Å². The minimum absolute atomic E-state index is 1.37. The van der Waals surface area contributed by atoms with Crippen LogP contribution in [0.2, 0.25) is 0 Å². The SMILES string of the molecule is C=CC.CC.Cc1ccc(-c2ccc(-c3ccc(-c4ccc(C)s4)s3)s2)s1. The van der Waals surface area contributed by atoms with Gasteiger partial charge in [-0.1, -0.05) is 19.9 Å². The maximum Gasteiger partial charge on any atom is 0.0449 e. The topological polar surface area (TPSA) is 0 Å². The van der Waals surface area contributed by atoms with E-state index in [0.717, 1.165) is 0 Å². The molecule has 0 saturated carbocycles. The average molecular weight is 431 g/mol. The standard InChI is InChI=1S/C18H14S4.C3H6.C2H6/c1-11-3-5-13(19-11)15-7-9-17(21-15)18-10-8-16(22-18)14-6-4-12(2)20-14;1-3-2;1-2/h3-10H,1-2H3;3H,1H2,2H3;1-2H3. The molecule has 0 amide bonds. The van der Waals surface area contributed by atoms with Crippen molar-refractivity contribution in [1.29, 1.82) is 0 Å². The summed E-state index contributed by atoms with van der Waals surface area (Å²) in [4.78, 5) is 11.0. The Morgan fingerprint density at radius 3 is 1.00 bits per heavy atom. The first-order valence-electron chi connectivity index (χ1n) is 9.01. The van der Waals surface area contributed by atoms with Crippen molar-refractivity contribution in [3.8, 4) is 29.3 Å². The molecule has 0 nitrogen and oxygen atoms in total. The molecule has 4 heteroatoms. The Morgan fingerprint density at radius 2 is 0.778 bits per heavy atom. The molecular weight excluding hydrogens is 405 g/mol. The summed E-state index contributed by atoms with van der Waals surface area (Å²) in [5.74, 6) is 0. The first-order chi connectivity index (χ1) is 13.1. The van der Waals surface area contributed by atoms with Crippen molar-refractivity contribution in [3.63, 3.8) is 0 Å². The minimum atomic E-state index is 1.37. The van der Waals surface area contributed by atoms with Crippen molar-refractivity contribution < 1.29 is 0 Å². The maximum atomic E-state index is 3.36. The molecule has 0 atom stereocenters. The van der Waals surface area contributed by atoms with E-state index in [-0.39, 0.29) is 0 Å². The van der Waals surface area contributed by atoms with Crippen molar-refractivity contribution in [2.75, 3.05) is 0 Å². The fourth-order valence-electron chi connectivity index (χ4n) is 2.34. The Bertz CT molecular complexity index is 886. The molecule has 27 heavy (non-hydrogen) atoms. The zero-order valence-electron chi connectivity index (χ0n) is 16.5. The molecule has 4 heterocycles. The van der Waals surface area contributed by atoms with E-state index in [1.54, 1.807) is 6.08 Å². The molecule has 0 radical (unpaired) electrons. The van der Waals surface area contributed by atoms with Crippen molar-refractivity contribution >= 4 is 45.3 Å². The van der Waals surface area contributed by atoms with Crippen LogP contribution < -0.4 is 0 Å². The van der Waals surface area contributed by atoms with Crippen LogP contribution >= 0.6 is 45.3 Å². The van der Waals surface area contributed by atoms with Crippen molar-refractivity contribution in [2.45, 2.75) is 34.6 Å². The number of rotatable bonds is 3. The van der Waals surface area contributed by atoms with Crippen LogP contribution in [-0.4, -0.2) is 0 Å². The van der Waals surface area contributed by atoms with E-state index < -0.39 is 0 Å². The van der Waals surface area contributed by atoms with E-state index in [0.29, 0.717) is 0 Å². The molecule has 0 N–H and O–H groups in total. The summed E-state index contributed by atoms with van der Waals surface area (Å²) >= 11 is 7.52. The van der Waals surface area contributed by atoms with Gasteiger partial charge in [0, 0.05) is 39.0 Å². The molecule has 0 aliphatic carbocycles. The second-order valence-corrected chi connectivity index (χ2v) is 10.3. The molecule has 4 rings (SSSR count). The monoisotopic (exact) mass is 430 g/mol. The summed E-state index contributed by atoms with van der Waals surface area (Å²) in [6.07, 6.45) is 1.75. The van der Waals surface area contributed by atoms with Crippen LogP contribution in [0.4, 0.5) is 0 Å². The molecule has 0 aliphatic rings. The van der Waals surface area contributed by atoms with E-state index in [4.69, 9.17) is 0 Å². The van der Waals surface area contributed by atoms with Gasteiger partial charge in [0.2, 0.25) is 0 Å². The third-order valence-corrected chi connectivity index (χ3v) is 8.18. The molecule has 0 unspecified atom stereocenters. The van der Waals surface area contributed by atoms with Crippen LogP contribution in [0.3, 0.4) is 0 Å². The Labute approximate surface area is 179 Å². The van der Waals surface area contributed by atoms with Crippen molar-refractivity contribution in [1.82, 2.24) is 0 Å². The van der Waals surface area contributed by atoms with Gasteiger partial charge in [0.25, 0.3) is 0 Å². The molecule has 0 saturated heterocycles. The molecule has 4 aromatic rings. The van der Waals surface area contributed by atoms with Gasteiger partial charge in [0.15, 0.2) is 0 Å². The largest absolute Gasteiger partial charge is 0.140 e. The fourth-order valence-corrected chi connectivity index (χ4v) is 6.36. The lowest BCUT2D eigenvalue weighted by molar-refractivity contribution is 1.50. The number of thiophene rings is 4. The molecule has 142 valence electrons. The van der Waals surface area contributed by atoms with Crippen LogP contribution in [-0.2, 0) is 0 Å². The van der Waals surface area contributed by atoms with E-state index in [9.17, 15) is 0 Å². The first kappa shape index (κ1) is 21.8. The molecule has 0 fully saturated rings. The Morgan fingerprint density at radius 1 is 0.556 bits per heavy atom. The van der Waals surface area contributed by atoms with Gasteiger partial charge in [-0.25, -0.2) is 0 Å². The summed E-state index contributed by atoms with van der Waals surface area (Å²) in [5, 5.41) is 0. The van der Waals surface area contributed by atoms with Crippen LogP contribution in [0.1, 0.15) is 30.5 Å². The molecular formula is C23H26S4. The van der Waals surface area contributed by atoms with Crippen LogP contribution in [0.5, 0.6) is 0 Å². The molecule has 0 aromatic carbocycles. The Kier molecular flexibility index (Phi) is 8.71. The lowest BCUT2D eigenvalue weighted by atomic mass is 10.3. The zero-order valence-corrected chi connectivity index (χ0v) is 19.8. The lowest BCUT2D eigenvalue weighted by Crippen LogP contribution is -1.58. The van der Waals surface area contributed by atoms with E-state index >= 15 is 0 Å². The minimum Gasteiger partial charge on any atom is -0.140 e. The quantitative estimate of drug-likeness (QED) is 0.284. The summed E-state index contributed by atoms with van der Waals surface area (Å²) in [6.45, 7) is 13.6. The summed E-state index contributed by atoms with van der Waals surface area (Å²) in [5.41, 5.74) is 0. The van der Waals surface area contributed by atoms with Gasteiger partial charge in [-0.2, -0.15) is 0 Å². The average Bonchev–Trinajstić information content (AvgIpc) is 3.43. The maximum absolute atomic E-state index is 3.36. The van der Waals surface area contributed by atoms with Gasteiger partial charge in [-0.3, -0.25) is 0 Å². The molecule has 4 aromatic heterocycles. The first-order valence-corrected chi connectivity index (χ1v) is 12.3. The fraction of sp³-hybridized carbons (Fsp3) is 0.217. The molecule has 0 bridgehead atoms. The lowest BCUT2D eigenvalue weighted by Gasteiger charge is -1.91. The summed E-state index contributed by atoms with van der Waals surface area (Å²) < 4.78 is 0. The summed E-state index contributed by atoms with van der Waals surface area (Å²) in [6, 6.07) is 17.9. The number of hydrogen-bond donors (Lipinski definition) is 0. The van der Waals surface area contributed by atoms with Gasteiger partial charge >= 0.3 is 0 Å². The van der Waals surface area contributed by atoms with Crippen molar-refractivity contribution in [3.05, 3.63) is 70.9 Å². The zero-order chi connectivity index (χ0) is 19.8. The van der Waals surface area contributed by atoms with E-state index in [1.165, 1.54) is 39.0 Å².